The highest BCUT2D eigenvalue weighted by atomic mass is 35.5. The van der Waals surface area contributed by atoms with E-state index in [1.54, 1.807) is 27.7 Å². The van der Waals surface area contributed by atoms with Gasteiger partial charge in [0.1, 0.15) is 11.6 Å². The van der Waals surface area contributed by atoms with Crippen LogP contribution in [0.1, 0.15) is 104 Å². The summed E-state index contributed by atoms with van der Waals surface area (Å²) in [5.74, 6) is -2.66. The Morgan fingerprint density at radius 2 is 1.02 bits per heavy atom. The Bertz CT molecular complexity index is 685. The fourth-order valence-electron chi connectivity index (χ4n) is 2.04. The first-order valence-electron chi connectivity index (χ1n) is 11.5. The van der Waals surface area contributed by atoms with E-state index < -0.39 is 11.9 Å². The Kier molecular flexibility index (Phi) is 56.8. The molecule has 0 fully saturated rings. The first-order valence-corrected chi connectivity index (χ1v) is 11.5. The number of ketones is 2. The minimum absolute atomic E-state index is 0. The molecule has 12 heteroatoms. The van der Waals surface area contributed by atoms with E-state index in [9.17, 15) is 28.8 Å². The van der Waals surface area contributed by atoms with Gasteiger partial charge in [-0.1, -0.05) is 78.7 Å². The summed E-state index contributed by atoms with van der Waals surface area (Å²) in [7, 11) is 2.64. The molecule has 0 aromatic rings. The highest BCUT2D eigenvalue weighted by Crippen LogP contribution is 2.09. The number of nitrogens with one attached hydrogen (secondary N) is 1. The predicted molar refractivity (Wildman–Crippen MR) is 171 cm³/mol. The lowest BCUT2D eigenvalue weighted by atomic mass is 9.97. The van der Waals surface area contributed by atoms with E-state index in [-0.39, 0.29) is 123 Å². The molecule has 1 amide bonds. The maximum Gasteiger partial charge on any atom is 0.307 e. The Labute approximate surface area is 257 Å². The summed E-state index contributed by atoms with van der Waals surface area (Å²) in [5, 5.41) is 11.1. The number of carboxylic acid groups (broad SMARTS) is 1. The zero-order valence-corrected chi connectivity index (χ0v) is 23.6. The van der Waals surface area contributed by atoms with Crippen LogP contribution < -0.4 is 11.1 Å². The van der Waals surface area contributed by atoms with Gasteiger partial charge in [0.2, 0.25) is 5.91 Å². The molecule has 0 aliphatic carbocycles. The van der Waals surface area contributed by atoms with Gasteiger partial charge in [-0.15, -0.1) is 12.4 Å². The van der Waals surface area contributed by atoms with Crippen molar-refractivity contribution in [3.8, 4) is 0 Å². The van der Waals surface area contributed by atoms with Crippen molar-refractivity contribution in [3.63, 3.8) is 0 Å². The lowest BCUT2D eigenvalue weighted by Crippen LogP contribution is -2.32. The zero-order valence-electron chi connectivity index (χ0n) is 22.8. The van der Waals surface area contributed by atoms with Crippen LogP contribution in [0.25, 0.3) is 0 Å². The SMILES string of the molecule is C.C.C.C.C.CC(C)C(=O)C[C@@H](C)C(=O)O.COC(=O)CCN.COC(=O)CCNC(=O)[C@H](C)CC(=O)C(C)C.Cl. The topological polar surface area (TPSA) is 179 Å². The fraction of sp³-hybridized carbons (Fsp3) is 0.793. The van der Waals surface area contributed by atoms with Crippen molar-refractivity contribution in [2.24, 2.45) is 29.4 Å². The summed E-state index contributed by atoms with van der Waals surface area (Å²) in [4.78, 5) is 65.2. The molecule has 41 heavy (non-hydrogen) atoms. The van der Waals surface area contributed by atoms with Gasteiger partial charge in [-0.2, -0.15) is 0 Å². The van der Waals surface area contributed by atoms with Crippen molar-refractivity contribution in [3.05, 3.63) is 0 Å². The van der Waals surface area contributed by atoms with E-state index in [0.717, 1.165) is 0 Å². The molecule has 0 rings (SSSR count). The van der Waals surface area contributed by atoms with Gasteiger partial charge in [0, 0.05) is 43.7 Å². The normalized spacial score (nSPS) is 9.93. The third kappa shape index (κ3) is 39.7. The van der Waals surface area contributed by atoms with E-state index in [2.05, 4.69) is 14.8 Å². The van der Waals surface area contributed by atoms with Crippen LogP contribution >= 0.6 is 12.4 Å². The molecule has 0 aliphatic rings. The van der Waals surface area contributed by atoms with Crippen molar-refractivity contribution in [1.82, 2.24) is 5.32 Å². The van der Waals surface area contributed by atoms with Gasteiger partial charge in [0.15, 0.2) is 0 Å². The van der Waals surface area contributed by atoms with Crippen LogP contribution in [0.5, 0.6) is 0 Å². The molecular weight excluding hydrogens is 556 g/mol. The first-order chi connectivity index (χ1) is 16.1. The third-order valence-corrected chi connectivity index (χ3v) is 4.60. The number of nitrogens with two attached hydrogens (primary N) is 1. The van der Waals surface area contributed by atoms with Crippen LogP contribution in [0.4, 0.5) is 0 Å². The maximum atomic E-state index is 11.6. The monoisotopic (exact) mass is 620 g/mol. The number of halogens is 1. The summed E-state index contributed by atoms with van der Waals surface area (Å²) < 4.78 is 8.72. The van der Waals surface area contributed by atoms with Gasteiger partial charge in [0.05, 0.1) is 33.0 Å². The van der Waals surface area contributed by atoms with E-state index in [1.165, 1.54) is 14.2 Å². The minimum atomic E-state index is -0.904. The van der Waals surface area contributed by atoms with Crippen molar-refractivity contribution >= 4 is 47.8 Å². The molecule has 11 nitrogen and oxygen atoms in total. The second kappa shape index (κ2) is 37.5. The Morgan fingerprint density at radius 1 is 0.683 bits per heavy atom. The molecular formula is C29H65ClN2O9. The van der Waals surface area contributed by atoms with Gasteiger partial charge in [-0.3, -0.25) is 28.8 Å². The molecule has 0 aromatic heterocycles. The van der Waals surface area contributed by atoms with Gasteiger partial charge in [-0.05, 0) is 0 Å². The van der Waals surface area contributed by atoms with Crippen molar-refractivity contribution in [1.29, 1.82) is 0 Å². The largest absolute Gasteiger partial charge is 0.481 e. The highest BCUT2D eigenvalue weighted by molar-refractivity contribution is 5.87. The van der Waals surface area contributed by atoms with E-state index in [1.807, 2.05) is 13.8 Å². The van der Waals surface area contributed by atoms with Gasteiger partial charge in [-0.25, -0.2) is 0 Å². The number of methoxy groups -OCH3 is 2. The van der Waals surface area contributed by atoms with Crippen molar-refractivity contribution in [2.75, 3.05) is 27.3 Å². The number of Topliss-reactive ketones (excluding diaryl/α,β-unsaturated/α-hetero) is 2. The lowest BCUT2D eigenvalue weighted by molar-refractivity contribution is -0.143. The quantitative estimate of drug-likeness (QED) is 0.227. The fourth-order valence-corrected chi connectivity index (χ4v) is 2.04. The molecule has 0 heterocycles. The molecule has 2 atom stereocenters. The lowest BCUT2D eigenvalue weighted by Gasteiger charge is -2.12. The van der Waals surface area contributed by atoms with Crippen LogP contribution in [0, 0.1) is 23.7 Å². The number of carbonyl (C=O) groups is 6. The second-order valence-electron chi connectivity index (χ2n) is 8.52. The number of rotatable bonds is 13. The molecule has 252 valence electrons. The van der Waals surface area contributed by atoms with Gasteiger partial charge >= 0.3 is 17.9 Å². The Balaban J connectivity index is -0.0000000538. The molecule has 0 radical (unpaired) electrons. The Hall–Kier alpha value is -2.53. The summed E-state index contributed by atoms with van der Waals surface area (Å²) >= 11 is 0. The predicted octanol–water partition coefficient (Wildman–Crippen LogP) is 5.35. The number of hydrogen-bond acceptors (Lipinski definition) is 9. The summed E-state index contributed by atoms with van der Waals surface area (Å²) in [6.07, 6.45) is 0.846. The number of esters is 2. The average Bonchev–Trinajstić information content (AvgIpc) is 2.79. The molecule has 0 bridgehead atoms. The molecule has 0 spiro atoms. The molecule has 4 N–H and O–H groups in total. The summed E-state index contributed by atoms with van der Waals surface area (Å²) in [5.41, 5.74) is 5.00. The number of ether oxygens (including phenoxy) is 2. The zero-order chi connectivity index (χ0) is 28.1. The van der Waals surface area contributed by atoms with Crippen LogP contribution in [0.3, 0.4) is 0 Å². The highest BCUT2D eigenvalue weighted by Gasteiger charge is 2.19. The van der Waals surface area contributed by atoms with Gasteiger partial charge < -0.3 is 25.6 Å². The number of hydrogen-bond donors (Lipinski definition) is 3. The smallest absolute Gasteiger partial charge is 0.307 e. The first kappa shape index (κ1) is 62.2. The number of carboxylic acids is 1. The van der Waals surface area contributed by atoms with E-state index in [4.69, 9.17) is 10.8 Å². The standard InChI is InChI=1S/C12H21NO4.C8H14O3.C4H9NO2.5CH4.ClH/c1-8(2)10(14)7-9(3)12(16)13-6-5-11(15)17-4;1-5(2)7(9)4-6(3)8(10)11;1-7-4(6)2-3-5;;;;;;/h8-9H,5-7H2,1-4H3,(H,13,16);5-6H,4H2,1-3H3,(H,10,11);2-3,5H2,1H3;5*1H4;1H/t9-;6-;;;;;;;/m11......./s1. The summed E-state index contributed by atoms with van der Waals surface area (Å²) in [6.45, 7) is 11.0. The minimum Gasteiger partial charge on any atom is -0.481 e. The summed E-state index contributed by atoms with van der Waals surface area (Å²) in [6, 6.07) is 0. The van der Waals surface area contributed by atoms with Crippen LogP contribution in [-0.4, -0.2) is 67.8 Å². The molecule has 0 saturated heterocycles. The molecule has 0 saturated carbocycles. The van der Waals surface area contributed by atoms with E-state index >= 15 is 0 Å². The van der Waals surface area contributed by atoms with Crippen molar-refractivity contribution < 1.29 is 43.3 Å². The number of carbonyl (C=O) groups excluding carboxylic acids is 5. The molecule has 0 aromatic carbocycles. The van der Waals surface area contributed by atoms with Crippen molar-refractivity contribution in [2.45, 2.75) is 104 Å². The average molecular weight is 621 g/mol. The third-order valence-electron chi connectivity index (χ3n) is 4.60. The van der Waals surface area contributed by atoms with Gasteiger partial charge in [0.25, 0.3) is 0 Å². The number of aliphatic carboxylic acids is 1. The van der Waals surface area contributed by atoms with Crippen LogP contribution in [0.15, 0.2) is 0 Å². The van der Waals surface area contributed by atoms with Crippen LogP contribution in [0.2, 0.25) is 0 Å². The molecule has 0 unspecified atom stereocenters. The Morgan fingerprint density at radius 3 is 1.29 bits per heavy atom. The van der Waals surface area contributed by atoms with Crippen LogP contribution in [-0.2, 0) is 38.2 Å². The number of amides is 1. The molecule has 0 aliphatic heterocycles. The second-order valence-corrected chi connectivity index (χ2v) is 8.52. The maximum absolute atomic E-state index is 11.6. The van der Waals surface area contributed by atoms with E-state index in [0.29, 0.717) is 13.0 Å².